The standard InChI is InChI=1S/C20H33N11O17P4/c21-17-15-19(25-7-23-17)30(9-27-15)13(3-34)45-11(1-32)5-44-52(42,43)48-51(40,41)29-50(38,39)47-49(36,37)6-12(2-33)46-14(4-35)31-10-28-16-18(22)24-8-26-20(16)31/h7-14,32-35H,1-6H2,(H,36,37)(H,42,43)(H2,21,23,25)(H2,22,24,26)(H3,29,38,39,40,41)/p-4/t11-,12-,13+,14+/m0/s1. The van der Waals surface area contributed by atoms with Gasteiger partial charge in [0.2, 0.25) is 15.5 Å². The third-order valence-corrected chi connectivity index (χ3v) is 13.1. The molecule has 4 aromatic heterocycles. The van der Waals surface area contributed by atoms with Crippen molar-refractivity contribution in [3.63, 3.8) is 0 Å². The van der Waals surface area contributed by atoms with Crippen LogP contribution in [0.5, 0.6) is 0 Å². The summed E-state index contributed by atoms with van der Waals surface area (Å²) >= 11 is 0. The van der Waals surface area contributed by atoms with Crippen LogP contribution in [0.25, 0.3) is 22.3 Å². The number of phosphoric ester groups is 1. The maximum atomic E-state index is 12.5. The first kappa shape index (κ1) is 41.8. The Kier molecular flexibility index (Phi) is 13.7. The van der Waals surface area contributed by atoms with Crippen molar-refractivity contribution in [1.82, 2.24) is 43.9 Å². The van der Waals surface area contributed by atoms with Gasteiger partial charge in [-0.15, -0.1) is 0 Å². The fourth-order valence-corrected chi connectivity index (χ4v) is 10.3. The van der Waals surface area contributed by atoms with Gasteiger partial charge in [0.15, 0.2) is 35.4 Å². The lowest BCUT2D eigenvalue weighted by Gasteiger charge is -2.39. The minimum Gasteiger partial charge on any atom is -0.778 e. The highest BCUT2D eigenvalue weighted by Gasteiger charge is 2.31. The molecule has 0 aliphatic carbocycles. The van der Waals surface area contributed by atoms with Gasteiger partial charge in [-0.05, 0) is 0 Å². The van der Waals surface area contributed by atoms with Crippen molar-refractivity contribution in [1.29, 1.82) is 0 Å². The molecule has 4 aromatic rings. The lowest BCUT2D eigenvalue weighted by atomic mass is 10.4. The van der Waals surface area contributed by atoms with Gasteiger partial charge < -0.3 is 70.0 Å². The molecule has 0 aliphatic heterocycles. The average molecular weight is 819 g/mol. The lowest BCUT2D eigenvalue weighted by Crippen LogP contribution is -2.32. The van der Waals surface area contributed by atoms with E-state index in [1.54, 1.807) is 0 Å². The number of nitrogens with zero attached hydrogens (tertiary/aromatic N) is 8. The predicted octanol–water partition coefficient (Wildman–Crippen LogP) is -4.83. The Bertz CT molecular complexity index is 2040. The molecule has 4 rings (SSSR count). The minimum absolute atomic E-state index is 0.0217. The van der Waals surface area contributed by atoms with Crippen LogP contribution in [0.4, 0.5) is 11.6 Å². The number of aliphatic hydroxyl groups excluding tert-OH is 4. The number of rotatable bonds is 21. The largest absolute Gasteiger partial charge is 0.778 e. The summed E-state index contributed by atoms with van der Waals surface area (Å²) in [7, 11) is -24.3. The number of imidazole rings is 2. The van der Waals surface area contributed by atoms with Gasteiger partial charge >= 0.3 is 0 Å². The smallest absolute Gasteiger partial charge is 0.273 e. The van der Waals surface area contributed by atoms with Crippen LogP contribution in [0.3, 0.4) is 0 Å². The molecule has 0 amide bonds. The van der Waals surface area contributed by atoms with Gasteiger partial charge in [-0.1, -0.05) is 0 Å². The van der Waals surface area contributed by atoms with Crippen molar-refractivity contribution in [3.8, 4) is 0 Å². The van der Waals surface area contributed by atoms with E-state index in [2.05, 4.69) is 43.0 Å². The van der Waals surface area contributed by atoms with Crippen molar-refractivity contribution in [3.05, 3.63) is 25.3 Å². The van der Waals surface area contributed by atoms with Gasteiger partial charge in [0.1, 0.15) is 37.4 Å². The van der Waals surface area contributed by atoms with E-state index in [0.29, 0.717) is 4.86 Å². The van der Waals surface area contributed by atoms with Crippen molar-refractivity contribution in [2.45, 2.75) is 24.7 Å². The van der Waals surface area contributed by atoms with Gasteiger partial charge in [-0.3, -0.25) is 31.5 Å². The monoisotopic (exact) mass is 819 g/mol. The Balaban J connectivity index is 1.34. The second-order valence-electron chi connectivity index (χ2n) is 10.1. The number of aliphatic hydroxyl groups is 4. The van der Waals surface area contributed by atoms with Crippen LogP contribution < -0.4 is 35.9 Å². The molecule has 52 heavy (non-hydrogen) atoms. The molecule has 4 unspecified atom stereocenters. The number of nitrogens with two attached hydrogens (primary N) is 2. The van der Waals surface area contributed by atoms with Crippen LogP contribution in [0.2, 0.25) is 0 Å². The molecule has 8 atom stereocenters. The van der Waals surface area contributed by atoms with Crippen LogP contribution in [0.1, 0.15) is 12.5 Å². The molecule has 0 aromatic carbocycles. The van der Waals surface area contributed by atoms with E-state index in [1.807, 2.05) is 0 Å². The summed E-state index contributed by atoms with van der Waals surface area (Å²) in [6.07, 6.45) is -3.35. The van der Waals surface area contributed by atoms with E-state index >= 15 is 0 Å². The van der Waals surface area contributed by atoms with Crippen LogP contribution in [0, 0.1) is 0 Å². The first-order chi connectivity index (χ1) is 24.3. The quantitative estimate of drug-likeness (QED) is 0.0388. The highest BCUT2D eigenvalue weighted by molar-refractivity contribution is 7.72. The summed E-state index contributed by atoms with van der Waals surface area (Å²) in [5.74, 6) is -0.0701. The van der Waals surface area contributed by atoms with Crippen molar-refractivity contribution in [2.24, 2.45) is 0 Å². The molecule has 0 spiro atoms. The number of phosphoric acid groups is 1. The van der Waals surface area contributed by atoms with E-state index in [0.717, 1.165) is 34.4 Å². The molecule has 4 heterocycles. The predicted molar refractivity (Wildman–Crippen MR) is 162 cm³/mol. The summed E-state index contributed by atoms with van der Waals surface area (Å²) in [5, 5.41) is 38.9. The first-order valence-corrected chi connectivity index (χ1v) is 20.3. The molecule has 28 nitrogen and oxygen atoms in total. The molecule has 9 N–H and O–H groups in total. The molecule has 0 bridgehead atoms. The Morgan fingerprint density at radius 3 is 1.62 bits per heavy atom. The van der Waals surface area contributed by atoms with Crippen LogP contribution in [-0.2, 0) is 40.9 Å². The second kappa shape index (κ2) is 17.0. The highest BCUT2D eigenvalue weighted by atomic mass is 31.3. The number of aromatic nitrogens is 8. The third kappa shape index (κ3) is 10.8. The van der Waals surface area contributed by atoms with Gasteiger partial charge in [-0.2, -0.15) is 4.86 Å². The average Bonchev–Trinajstić information content (AvgIpc) is 3.68. The molecular formula is C20H29N11O17P4-4. The number of nitrogen functional groups attached to an aromatic ring is 2. The Hall–Kier alpha value is -2.94. The van der Waals surface area contributed by atoms with Crippen LogP contribution >= 0.6 is 30.9 Å². The third-order valence-electron chi connectivity index (χ3n) is 6.34. The number of anilines is 2. The Labute approximate surface area is 290 Å². The van der Waals surface area contributed by atoms with Gasteiger partial charge in [-0.25, -0.2) is 29.9 Å². The molecule has 0 radical (unpaired) electrons. The van der Waals surface area contributed by atoms with E-state index in [-0.39, 0.29) is 34.0 Å². The SMILES string of the molecule is Nc1ncnc2c1ncn2[C@@H](CO)O[C@@H](CO)COP(=O)([O-])OP(=O)([O-])NP(=O)([O-])OP(=O)([O-])C[C@H](CO)O[C@H](CO)n1cnc2c(N)ncnc21. The van der Waals surface area contributed by atoms with Gasteiger partial charge in [0.25, 0.3) is 7.82 Å². The molecule has 32 heteroatoms. The molecule has 0 saturated carbocycles. The number of hydrogen-bond donors (Lipinski definition) is 7. The zero-order valence-corrected chi connectivity index (χ0v) is 29.6. The Morgan fingerprint density at radius 2 is 1.15 bits per heavy atom. The van der Waals surface area contributed by atoms with E-state index in [1.165, 1.54) is 0 Å². The van der Waals surface area contributed by atoms with Crippen LogP contribution in [0.15, 0.2) is 25.3 Å². The number of ether oxygens (including phenoxy) is 2. The molecule has 0 saturated heterocycles. The van der Waals surface area contributed by atoms with Crippen LogP contribution in [-0.4, -0.2) is 111 Å². The topological polar surface area (TPSA) is 439 Å². The van der Waals surface area contributed by atoms with Gasteiger partial charge in [0, 0.05) is 6.16 Å². The summed E-state index contributed by atoms with van der Waals surface area (Å²) in [4.78, 5) is 73.2. The minimum atomic E-state index is -6.31. The van der Waals surface area contributed by atoms with E-state index in [9.17, 15) is 58.3 Å². The van der Waals surface area contributed by atoms with Crippen molar-refractivity contribution >= 4 is 64.9 Å². The molecular weight excluding hydrogens is 790 g/mol. The lowest BCUT2D eigenvalue weighted by molar-refractivity contribution is -0.236. The van der Waals surface area contributed by atoms with Crippen molar-refractivity contribution in [2.75, 3.05) is 50.7 Å². The summed E-state index contributed by atoms with van der Waals surface area (Å²) in [5.41, 5.74) is 11.7. The van der Waals surface area contributed by atoms with Crippen molar-refractivity contribution < 1.29 is 80.9 Å². The normalized spacial score (nSPS) is 19.3. The van der Waals surface area contributed by atoms with E-state index < -0.39 is 94.8 Å². The first-order valence-electron chi connectivity index (χ1n) is 14.0. The Morgan fingerprint density at radius 1 is 0.692 bits per heavy atom. The number of nitrogens with one attached hydrogen (secondary N) is 1. The number of fused-ring (bicyclic) bond motifs is 2. The molecule has 0 fully saturated rings. The fourth-order valence-electron chi connectivity index (χ4n) is 4.24. The summed E-state index contributed by atoms with van der Waals surface area (Å²) < 4.78 is 74.4. The maximum Gasteiger partial charge on any atom is 0.273 e. The van der Waals surface area contributed by atoms with E-state index in [4.69, 9.17) is 20.9 Å². The summed E-state index contributed by atoms with van der Waals surface area (Å²) in [6.45, 7) is -4.89. The number of hydrogen-bond acceptors (Lipinski definition) is 25. The molecule has 0 aliphatic rings. The zero-order valence-electron chi connectivity index (χ0n) is 26.0. The van der Waals surface area contributed by atoms with Gasteiger partial charge in [0.05, 0.1) is 51.8 Å². The molecule has 290 valence electrons. The fraction of sp³-hybridized carbons (Fsp3) is 0.500. The maximum absolute atomic E-state index is 12.5. The second-order valence-corrected chi connectivity index (χ2v) is 17.0. The highest BCUT2D eigenvalue weighted by Crippen LogP contribution is 2.61. The zero-order chi connectivity index (χ0) is 38.5. The summed E-state index contributed by atoms with van der Waals surface area (Å²) in [6, 6.07) is 0.